The lowest BCUT2D eigenvalue weighted by Crippen LogP contribution is -2.45. The summed E-state index contributed by atoms with van der Waals surface area (Å²) in [6, 6.07) is 8.31. The van der Waals surface area contributed by atoms with Crippen LogP contribution in [0.15, 0.2) is 24.3 Å². The zero-order valence-corrected chi connectivity index (χ0v) is 11.0. The molecule has 1 saturated heterocycles. The van der Waals surface area contributed by atoms with Gasteiger partial charge < -0.3 is 14.7 Å². The molecule has 1 N–H and O–H groups in total. The van der Waals surface area contributed by atoms with Crippen LogP contribution in [0.3, 0.4) is 0 Å². The van der Waals surface area contributed by atoms with E-state index in [-0.39, 0.29) is 0 Å². The number of carbonyl (C=O) groups is 1. The first-order chi connectivity index (χ1) is 9.21. The quantitative estimate of drug-likeness (QED) is 0.903. The number of nitrogens with zero attached hydrogens (tertiary/aromatic N) is 1. The summed E-state index contributed by atoms with van der Waals surface area (Å²) in [5.41, 5.74) is 1.79. The van der Waals surface area contributed by atoms with Gasteiger partial charge in [-0.25, -0.2) is 0 Å². The first-order valence-corrected chi connectivity index (χ1v) is 6.85. The summed E-state index contributed by atoms with van der Waals surface area (Å²) < 4.78 is 5.34. The van der Waals surface area contributed by atoms with Gasteiger partial charge in [-0.05, 0) is 30.9 Å². The van der Waals surface area contributed by atoms with Crippen molar-refractivity contribution >= 4 is 11.7 Å². The van der Waals surface area contributed by atoms with Crippen LogP contribution in [0, 0.1) is 5.41 Å². The minimum atomic E-state index is -0.732. The second-order valence-corrected chi connectivity index (χ2v) is 5.54. The minimum Gasteiger partial charge on any atom is -0.481 e. The molecule has 4 heteroatoms. The van der Waals surface area contributed by atoms with E-state index in [1.54, 1.807) is 0 Å². The van der Waals surface area contributed by atoms with Gasteiger partial charge in [-0.2, -0.15) is 0 Å². The summed E-state index contributed by atoms with van der Waals surface area (Å²) in [6.45, 7) is 2.38. The second-order valence-electron chi connectivity index (χ2n) is 5.54. The standard InChI is InChI=1S/C15H19NO3/c17-14(18)15(7-9-19-11-15)10-16-8-3-5-12-4-1-2-6-13(12)16/h1-2,4,6H,3,5,7-11H2,(H,17,18). The van der Waals surface area contributed by atoms with Gasteiger partial charge in [0.25, 0.3) is 0 Å². The van der Waals surface area contributed by atoms with Crippen molar-refractivity contribution in [1.29, 1.82) is 0 Å². The molecule has 102 valence electrons. The molecule has 1 aromatic rings. The molecule has 4 nitrogen and oxygen atoms in total. The Morgan fingerprint density at radius 1 is 1.42 bits per heavy atom. The highest BCUT2D eigenvalue weighted by Gasteiger charge is 2.44. The number of aliphatic carboxylic acids is 1. The van der Waals surface area contributed by atoms with Crippen LogP contribution < -0.4 is 4.90 Å². The summed E-state index contributed by atoms with van der Waals surface area (Å²) >= 11 is 0. The zero-order chi connectivity index (χ0) is 13.3. The third kappa shape index (κ3) is 2.21. The van der Waals surface area contributed by atoms with Crippen molar-refractivity contribution in [1.82, 2.24) is 0 Å². The van der Waals surface area contributed by atoms with Gasteiger partial charge in [0, 0.05) is 25.4 Å². The number of fused-ring (bicyclic) bond motifs is 1. The van der Waals surface area contributed by atoms with Crippen molar-refractivity contribution in [2.24, 2.45) is 5.41 Å². The van der Waals surface area contributed by atoms with Crippen molar-refractivity contribution < 1.29 is 14.6 Å². The molecular weight excluding hydrogens is 242 g/mol. The molecular formula is C15H19NO3. The number of carboxylic acid groups (broad SMARTS) is 1. The van der Waals surface area contributed by atoms with Crippen LogP contribution in [-0.2, 0) is 16.0 Å². The summed E-state index contributed by atoms with van der Waals surface area (Å²) in [5, 5.41) is 9.54. The average molecular weight is 261 g/mol. The zero-order valence-electron chi connectivity index (χ0n) is 11.0. The van der Waals surface area contributed by atoms with Gasteiger partial charge in [0.1, 0.15) is 5.41 Å². The highest BCUT2D eigenvalue weighted by Crippen LogP contribution is 2.34. The van der Waals surface area contributed by atoms with Gasteiger partial charge in [-0.3, -0.25) is 4.79 Å². The number of anilines is 1. The molecule has 1 fully saturated rings. The lowest BCUT2D eigenvalue weighted by atomic mass is 9.85. The topological polar surface area (TPSA) is 49.8 Å². The predicted octanol–water partition coefficient (Wildman–Crippen LogP) is 1.93. The largest absolute Gasteiger partial charge is 0.481 e. The first kappa shape index (κ1) is 12.5. The SMILES string of the molecule is O=C(O)C1(CN2CCCc3ccccc32)CCOC1. The van der Waals surface area contributed by atoms with Crippen molar-refractivity contribution in [2.45, 2.75) is 19.3 Å². The van der Waals surface area contributed by atoms with Gasteiger partial charge >= 0.3 is 5.97 Å². The van der Waals surface area contributed by atoms with E-state index in [1.807, 2.05) is 12.1 Å². The molecule has 1 aromatic carbocycles. The van der Waals surface area contributed by atoms with E-state index in [4.69, 9.17) is 4.74 Å². The van der Waals surface area contributed by atoms with Crippen LogP contribution in [0.4, 0.5) is 5.69 Å². The molecule has 1 unspecified atom stereocenters. The molecule has 0 radical (unpaired) electrons. The van der Waals surface area contributed by atoms with Gasteiger partial charge in [-0.15, -0.1) is 0 Å². The molecule has 2 aliphatic rings. The number of carboxylic acids is 1. The molecule has 0 saturated carbocycles. The Bertz CT molecular complexity index is 480. The number of hydrogen-bond donors (Lipinski definition) is 1. The molecule has 0 aromatic heterocycles. The van der Waals surface area contributed by atoms with Crippen LogP contribution >= 0.6 is 0 Å². The Labute approximate surface area is 113 Å². The number of benzene rings is 1. The second kappa shape index (κ2) is 4.85. The molecule has 0 amide bonds. The van der Waals surface area contributed by atoms with E-state index in [0.29, 0.717) is 26.2 Å². The fourth-order valence-electron chi connectivity index (χ4n) is 3.11. The maximum Gasteiger partial charge on any atom is 0.313 e. The van der Waals surface area contributed by atoms with Crippen molar-refractivity contribution in [3.63, 3.8) is 0 Å². The fraction of sp³-hybridized carbons (Fsp3) is 0.533. The van der Waals surface area contributed by atoms with Gasteiger partial charge in [-0.1, -0.05) is 18.2 Å². The lowest BCUT2D eigenvalue weighted by Gasteiger charge is -2.36. The molecule has 1 atom stereocenters. The fourth-order valence-corrected chi connectivity index (χ4v) is 3.11. The normalized spacial score (nSPS) is 26.2. The molecule has 0 aliphatic carbocycles. The maximum absolute atomic E-state index is 11.6. The molecule has 3 rings (SSSR count). The van der Waals surface area contributed by atoms with Gasteiger partial charge in [0.2, 0.25) is 0 Å². The summed E-state index contributed by atoms with van der Waals surface area (Å²) in [7, 11) is 0. The number of ether oxygens (including phenoxy) is 1. The summed E-state index contributed by atoms with van der Waals surface area (Å²) in [5.74, 6) is -0.729. The maximum atomic E-state index is 11.6. The monoisotopic (exact) mass is 261 g/mol. The van der Waals surface area contributed by atoms with Gasteiger partial charge in [0.05, 0.1) is 6.61 Å². The Morgan fingerprint density at radius 2 is 2.26 bits per heavy atom. The lowest BCUT2D eigenvalue weighted by molar-refractivity contribution is -0.148. The molecule has 2 aliphatic heterocycles. The van der Waals surface area contributed by atoms with E-state index in [0.717, 1.165) is 19.4 Å². The predicted molar refractivity (Wildman–Crippen MR) is 72.5 cm³/mol. The number of para-hydroxylation sites is 1. The Morgan fingerprint density at radius 3 is 3.00 bits per heavy atom. The number of aryl methyl sites for hydroxylation is 1. The third-order valence-electron chi connectivity index (χ3n) is 4.26. The number of rotatable bonds is 3. The van der Waals surface area contributed by atoms with E-state index >= 15 is 0 Å². The molecule has 19 heavy (non-hydrogen) atoms. The van der Waals surface area contributed by atoms with E-state index in [2.05, 4.69) is 17.0 Å². The van der Waals surface area contributed by atoms with E-state index < -0.39 is 11.4 Å². The van der Waals surface area contributed by atoms with Crippen LogP contribution in [-0.4, -0.2) is 37.4 Å². The van der Waals surface area contributed by atoms with Gasteiger partial charge in [0.15, 0.2) is 0 Å². The Hall–Kier alpha value is -1.55. The Kier molecular flexibility index (Phi) is 3.19. The highest BCUT2D eigenvalue weighted by molar-refractivity contribution is 5.76. The third-order valence-corrected chi connectivity index (χ3v) is 4.26. The van der Waals surface area contributed by atoms with Crippen molar-refractivity contribution in [2.75, 3.05) is 31.2 Å². The van der Waals surface area contributed by atoms with E-state index in [9.17, 15) is 9.90 Å². The van der Waals surface area contributed by atoms with Crippen LogP contribution in [0.5, 0.6) is 0 Å². The summed E-state index contributed by atoms with van der Waals surface area (Å²) in [6.07, 6.45) is 2.79. The molecule has 2 heterocycles. The average Bonchev–Trinajstić information content (AvgIpc) is 2.89. The van der Waals surface area contributed by atoms with Crippen LogP contribution in [0.25, 0.3) is 0 Å². The van der Waals surface area contributed by atoms with Crippen LogP contribution in [0.2, 0.25) is 0 Å². The molecule has 0 bridgehead atoms. The first-order valence-electron chi connectivity index (χ1n) is 6.85. The summed E-state index contributed by atoms with van der Waals surface area (Å²) in [4.78, 5) is 13.8. The smallest absolute Gasteiger partial charge is 0.313 e. The highest BCUT2D eigenvalue weighted by atomic mass is 16.5. The number of hydrogen-bond acceptors (Lipinski definition) is 3. The van der Waals surface area contributed by atoms with E-state index in [1.165, 1.54) is 11.3 Å². The van der Waals surface area contributed by atoms with Crippen LogP contribution in [0.1, 0.15) is 18.4 Å². The minimum absolute atomic E-state index is 0.334. The van der Waals surface area contributed by atoms with Crippen molar-refractivity contribution in [3.8, 4) is 0 Å². The Balaban J connectivity index is 1.86. The van der Waals surface area contributed by atoms with Crippen molar-refractivity contribution in [3.05, 3.63) is 29.8 Å². The molecule has 0 spiro atoms.